The first kappa shape index (κ1) is 8.72. The van der Waals surface area contributed by atoms with Crippen molar-refractivity contribution in [3.8, 4) is 0 Å². The van der Waals surface area contributed by atoms with E-state index in [2.05, 4.69) is 0 Å². The lowest BCUT2D eigenvalue weighted by atomic mass is 10.0. The Morgan fingerprint density at radius 3 is 3.38 bits per heavy atom. The van der Waals surface area contributed by atoms with Crippen molar-refractivity contribution in [1.82, 2.24) is 0 Å². The SMILES string of the molecule is O=C(O)CC1OCCc2sccc21. The lowest BCUT2D eigenvalue weighted by molar-refractivity contribution is -0.140. The summed E-state index contributed by atoms with van der Waals surface area (Å²) in [5.41, 5.74) is 1.07. The molecule has 0 radical (unpaired) electrons. The lowest BCUT2D eigenvalue weighted by Crippen LogP contribution is -2.17. The zero-order valence-corrected chi connectivity index (χ0v) is 7.84. The Bertz CT molecular complexity index is 318. The molecular formula is C9H10O3S. The molecule has 1 aromatic rings. The van der Waals surface area contributed by atoms with E-state index < -0.39 is 5.97 Å². The van der Waals surface area contributed by atoms with Gasteiger partial charge in [0.25, 0.3) is 0 Å². The molecule has 1 aliphatic heterocycles. The minimum absolute atomic E-state index is 0.0731. The highest BCUT2D eigenvalue weighted by molar-refractivity contribution is 7.10. The Balaban J connectivity index is 2.20. The van der Waals surface area contributed by atoms with Gasteiger partial charge in [0, 0.05) is 11.3 Å². The number of rotatable bonds is 2. The van der Waals surface area contributed by atoms with E-state index in [1.165, 1.54) is 4.88 Å². The van der Waals surface area contributed by atoms with Crippen LogP contribution in [0.4, 0.5) is 0 Å². The number of hydrogen-bond donors (Lipinski definition) is 1. The highest BCUT2D eigenvalue weighted by atomic mass is 32.1. The van der Waals surface area contributed by atoms with Crippen LogP contribution >= 0.6 is 11.3 Å². The van der Waals surface area contributed by atoms with Gasteiger partial charge in [-0.25, -0.2) is 0 Å². The molecule has 2 rings (SSSR count). The summed E-state index contributed by atoms with van der Waals surface area (Å²) in [4.78, 5) is 11.8. The van der Waals surface area contributed by atoms with Gasteiger partial charge in [-0.3, -0.25) is 4.79 Å². The molecule has 0 amide bonds. The maximum Gasteiger partial charge on any atom is 0.306 e. The Morgan fingerprint density at radius 1 is 1.77 bits per heavy atom. The van der Waals surface area contributed by atoms with Gasteiger partial charge in [0.2, 0.25) is 0 Å². The third-order valence-electron chi connectivity index (χ3n) is 2.13. The summed E-state index contributed by atoms with van der Waals surface area (Å²) < 4.78 is 5.40. The predicted molar refractivity (Wildman–Crippen MR) is 49.0 cm³/mol. The van der Waals surface area contributed by atoms with Gasteiger partial charge in [-0.2, -0.15) is 0 Å². The Hall–Kier alpha value is -0.870. The molecule has 1 aliphatic rings. The number of hydrogen-bond acceptors (Lipinski definition) is 3. The molecule has 0 saturated carbocycles. The van der Waals surface area contributed by atoms with Crippen LogP contribution in [-0.4, -0.2) is 17.7 Å². The summed E-state index contributed by atoms with van der Waals surface area (Å²) in [5.74, 6) is -0.802. The van der Waals surface area contributed by atoms with Gasteiger partial charge in [-0.15, -0.1) is 11.3 Å². The number of fused-ring (bicyclic) bond motifs is 1. The van der Waals surface area contributed by atoms with Gasteiger partial charge in [0.1, 0.15) is 0 Å². The van der Waals surface area contributed by atoms with E-state index in [4.69, 9.17) is 9.84 Å². The first-order valence-electron chi connectivity index (χ1n) is 4.17. The minimum Gasteiger partial charge on any atom is -0.481 e. The molecule has 70 valence electrons. The van der Waals surface area contributed by atoms with Crippen molar-refractivity contribution in [3.05, 3.63) is 21.9 Å². The normalized spacial score (nSPS) is 21.1. The van der Waals surface area contributed by atoms with Crippen LogP contribution < -0.4 is 0 Å². The molecule has 0 aromatic carbocycles. The first-order chi connectivity index (χ1) is 6.27. The van der Waals surface area contributed by atoms with Crippen LogP contribution in [0.25, 0.3) is 0 Å². The molecule has 1 unspecified atom stereocenters. The zero-order valence-electron chi connectivity index (χ0n) is 7.03. The second kappa shape index (κ2) is 3.47. The standard InChI is InChI=1S/C9H10O3S/c10-9(11)5-7-6-2-4-13-8(6)1-3-12-7/h2,4,7H,1,3,5H2,(H,10,11). The lowest BCUT2D eigenvalue weighted by Gasteiger charge is -2.21. The minimum atomic E-state index is -0.802. The molecule has 2 heterocycles. The molecular weight excluding hydrogens is 188 g/mol. The maximum atomic E-state index is 10.5. The van der Waals surface area contributed by atoms with Crippen LogP contribution in [-0.2, 0) is 16.0 Å². The van der Waals surface area contributed by atoms with Crippen molar-refractivity contribution in [2.45, 2.75) is 18.9 Å². The smallest absolute Gasteiger partial charge is 0.306 e. The molecule has 1 aromatic heterocycles. The number of thiophene rings is 1. The van der Waals surface area contributed by atoms with Crippen LogP contribution in [0.2, 0.25) is 0 Å². The Labute approximate surface area is 80.0 Å². The van der Waals surface area contributed by atoms with Crippen molar-refractivity contribution in [2.75, 3.05) is 6.61 Å². The third kappa shape index (κ3) is 1.73. The molecule has 13 heavy (non-hydrogen) atoms. The number of ether oxygens (including phenoxy) is 1. The number of aliphatic carboxylic acids is 1. The fourth-order valence-electron chi connectivity index (χ4n) is 1.55. The summed E-state index contributed by atoms with van der Waals surface area (Å²) in [6.07, 6.45) is 0.764. The maximum absolute atomic E-state index is 10.5. The topological polar surface area (TPSA) is 46.5 Å². The van der Waals surface area contributed by atoms with Gasteiger partial charge in [-0.05, 0) is 17.0 Å². The van der Waals surface area contributed by atoms with E-state index in [9.17, 15) is 4.79 Å². The highest BCUT2D eigenvalue weighted by Gasteiger charge is 2.23. The second-order valence-corrected chi connectivity index (χ2v) is 4.01. The van der Waals surface area contributed by atoms with E-state index >= 15 is 0 Å². The Kier molecular flexibility index (Phi) is 2.33. The number of carboxylic acid groups (broad SMARTS) is 1. The summed E-state index contributed by atoms with van der Waals surface area (Å²) in [7, 11) is 0. The molecule has 1 N–H and O–H groups in total. The van der Waals surface area contributed by atoms with Crippen molar-refractivity contribution < 1.29 is 14.6 Å². The monoisotopic (exact) mass is 198 g/mol. The average Bonchev–Trinajstić information content (AvgIpc) is 2.51. The molecule has 1 atom stereocenters. The van der Waals surface area contributed by atoms with Gasteiger partial charge in [0.05, 0.1) is 19.1 Å². The molecule has 0 spiro atoms. The highest BCUT2D eigenvalue weighted by Crippen LogP contribution is 2.32. The van der Waals surface area contributed by atoms with Crippen LogP contribution in [0.5, 0.6) is 0 Å². The fraction of sp³-hybridized carbons (Fsp3) is 0.444. The molecule has 0 aliphatic carbocycles. The van der Waals surface area contributed by atoms with Crippen LogP contribution in [0, 0.1) is 0 Å². The van der Waals surface area contributed by atoms with Crippen molar-refractivity contribution in [1.29, 1.82) is 0 Å². The Morgan fingerprint density at radius 2 is 2.62 bits per heavy atom. The van der Waals surface area contributed by atoms with Gasteiger partial charge in [-0.1, -0.05) is 0 Å². The predicted octanol–water partition coefficient (Wildman–Crippen LogP) is 1.84. The van der Waals surface area contributed by atoms with E-state index in [-0.39, 0.29) is 12.5 Å². The van der Waals surface area contributed by atoms with Crippen molar-refractivity contribution >= 4 is 17.3 Å². The van der Waals surface area contributed by atoms with E-state index in [0.29, 0.717) is 6.61 Å². The van der Waals surface area contributed by atoms with E-state index in [0.717, 1.165) is 12.0 Å². The summed E-state index contributed by atoms with van der Waals surface area (Å²) in [6.45, 7) is 0.644. The largest absolute Gasteiger partial charge is 0.481 e. The van der Waals surface area contributed by atoms with E-state index in [1.54, 1.807) is 11.3 Å². The number of carboxylic acids is 1. The average molecular weight is 198 g/mol. The van der Waals surface area contributed by atoms with Crippen LogP contribution in [0.15, 0.2) is 11.4 Å². The van der Waals surface area contributed by atoms with Crippen LogP contribution in [0.1, 0.15) is 23.0 Å². The van der Waals surface area contributed by atoms with Crippen molar-refractivity contribution in [3.63, 3.8) is 0 Å². The van der Waals surface area contributed by atoms with Gasteiger partial charge >= 0.3 is 5.97 Å². The summed E-state index contributed by atoms with van der Waals surface area (Å²) >= 11 is 1.68. The van der Waals surface area contributed by atoms with Gasteiger partial charge in [0.15, 0.2) is 0 Å². The first-order valence-corrected chi connectivity index (χ1v) is 5.05. The molecule has 4 heteroatoms. The second-order valence-electron chi connectivity index (χ2n) is 3.01. The fourth-order valence-corrected chi connectivity index (χ4v) is 2.47. The van der Waals surface area contributed by atoms with E-state index in [1.807, 2.05) is 11.4 Å². The molecule has 0 bridgehead atoms. The van der Waals surface area contributed by atoms with Crippen LogP contribution in [0.3, 0.4) is 0 Å². The molecule has 0 saturated heterocycles. The van der Waals surface area contributed by atoms with Crippen molar-refractivity contribution in [2.24, 2.45) is 0 Å². The summed E-state index contributed by atoms with van der Waals surface area (Å²) in [6, 6.07) is 1.97. The van der Waals surface area contributed by atoms with Gasteiger partial charge < -0.3 is 9.84 Å². The molecule has 0 fully saturated rings. The quantitative estimate of drug-likeness (QED) is 0.788. The summed E-state index contributed by atoms with van der Waals surface area (Å²) in [5, 5.41) is 10.6. The zero-order chi connectivity index (χ0) is 9.26. The molecule has 3 nitrogen and oxygen atoms in total. The number of carbonyl (C=O) groups is 1. The third-order valence-corrected chi connectivity index (χ3v) is 3.13.